The lowest BCUT2D eigenvalue weighted by molar-refractivity contribution is 0.148. The van der Waals surface area contributed by atoms with E-state index >= 15 is 0 Å². The zero-order valence-corrected chi connectivity index (χ0v) is 12.9. The second-order valence-electron chi connectivity index (χ2n) is 4.05. The molecule has 0 spiro atoms. The van der Waals surface area contributed by atoms with E-state index in [4.69, 9.17) is 4.55 Å². The van der Waals surface area contributed by atoms with Crippen LogP contribution in [0.4, 0.5) is 17.6 Å². The van der Waals surface area contributed by atoms with Gasteiger partial charge in [0.1, 0.15) is 0 Å². The first-order valence-electron chi connectivity index (χ1n) is 5.27. The average molecular weight is 394 g/mol. The Hall–Kier alpha value is -0.550. The highest BCUT2D eigenvalue weighted by atomic mass is 32.3. The van der Waals surface area contributed by atoms with E-state index in [2.05, 4.69) is 0 Å². The van der Waals surface area contributed by atoms with Gasteiger partial charge in [0.05, 0.1) is 0 Å². The minimum Gasteiger partial charge on any atom is -0.280 e. The molecular weight excluding hydrogens is 384 g/mol. The van der Waals surface area contributed by atoms with E-state index in [1.807, 2.05) is 0 Å². The highest BCUT2D eigenvalue weighted by molar-refractivity contribution is 8.06. The predicted molar refractivity (Wildman–Crippen MR) is 63.5 cm³/mol. The minimum atomic E-state index is -6.28. The van der Waals surface area contributed by atoms with E-state index in [0.717, 1.165) is 0 Å². The van der Waals surface area contributed by atoms with E-state index in [1.165, 1.54) is 0 Å². The topological polar surface area (TPSA) is 129 Å². The molecule has 0 unspecified atom stereocenters. The molecule has 1 aliphatic heterocycles. The standard InChI is InChI=1S/C6H10F4N2O7S3/c7-5(8)20(13,14)11-1-3-12(4-2-11)21(15,16)6(9,10)22(17,18)19/h5H,1-4H2,(H,17,18,19). The fourth-order valence-electron chi connectivity index (χ4n) is 1.56. The number of hydrogen-bond acceptors (Lipinski definition) is 6. The van der Waals surface area contributed by atoms with Crippen LogP contribution in [0.2, 0.25) is 0 Å². The molecular formula is C6H10F4N2O7S3. The Bertz CT molecular complexity index is 724. The van der Waals surface area contributed by atoms with Crippen molar-refractivity contribution in [1.29, 1.82) is 0 Å². The van der Waals surface area contributed by atoms with Crippen molar-refractivity contribution < 1.29 is 47.4 Å². The SMILES string of the molecule is O=S(=O)(C(F)F)N1CCN(S(=O)(=O)C(F)(F)S(=O)(=O)O)CC1. The summed E-state index contributed by atoms with van der Waals surface area (Å²) in [6, 6.07) is 0. The van der Waals surface area contributed by atoms with Crippen molar-refractivity contribution >= 4 is 30.2 Å². The van der Waals surface area contributed by atoms with Gasteiger partial charge in [0.25, 0.3) is 20.0 Å². The molecule has 1 N–H and O–H groups in total. The number of halogens is 4. The highest BCUT2D eigenvalue weighted by Gasteiger charge is 2.60. The highest BCUT2D eigenvalue weighted by Crippen LogP contribution is 2.31. The Morgan fingerprint density at radius 1 is 0.864 bits per heavy atom. The summed E-state index contributed by atoms with van der Waals surface area (Å²) in [7, 11) is -17.1. The van der Waals surface area contributed by atoms with E-state index < -0.39 is 66.7 Å². The molecule has 1 saturated heterocycles. The number of hydrogen-bond donors (Lipinski definition) is 1. The smallest absolute Gasteiger partial charge is 0.280 e. The summed E-state index contributed by atoms with van der Waals surface area (Å²) < 4.78 is 120. The zero-order valence-electron chi connectivity index (χ0n) is 10.4. The number of rotatable bonds is 5. The number of piperazine rings is 1. The Labute approximate surface area is 123 Å². The normalized spacial score (nSPS) is 20.5. The molecule has 22 heavy (non-hydrogen) atoms. The van der Waals surface area contributed by atoms with Crippen LogP contribution >= 0.6 is 0 Å². The first-order valence-corrected chi connectivity index (χ1v) is 9.65. The Morgan fingerprint density at radius 3 is 1.55 bits per heavy atom. The van der Waals surface area contributed by atoms with Crippen molar-refractivity contribution in [3.05, 3.63) is 0 Å². The first-order chi connectivity index (χ1) is 9.65. The number of sulfonamides is 2. The van der Waals surface area contributed by atoms with Crippen molar-refractivity contribution in [2.75, 3.05) is 26.2 Å². The van der Waals surface area contributed by atoms with Crippen LogP contribution in [0.1, 0.15) is 0 Å². The third-order valence-corrected chi connectivity index (χ3v) is 7.77. The summed E-state index contributed by atoms with van der Waals surface area (Å²) in [5.41, 5.74) is 0. The molecule has 9 nitrogen and oxygen atoms in total. The Kier molecular flexibility index (Phi) is 5.16. The molecule has 0 aromatic carbocycles. The van der Waals surface area contributed by atoms with Gasteiger partial charge in [-0.1, -0.05) is 0 Å². The van der Waals surface area contributed by atoms with Gasteiger partial charge in [-0.2, -0.15) is 34.6 Å². The second-order valence-corrected chi connectivity index (χ2v) is 9.65. The van der Waals surface area contributed by atoms with Crippen LogP contribution in [-0.2, 0) is 30.2 Å². The van der Waals surface area contributed by atoms with Gasteiger partial charge in [-0.05, 0) is 0 Å². The molecule has 0 amide bonds. The van der Waals surface area contributed by atoms with Crippen LogP contribution < -0.4 is 0 Å². The minimum absolute atomic E-state index is 0.0989. The molecule has 16 heteroatoms. The molecule has 0 bridgehead atoms. The number of nitrogens with zero attached hydrogens (tertiary/aromatic N) is 2. The van der Waals surface area contributed by atoms with Crippen molar-refractivity contribution in [3.63, 3.8) is 0 Å². The molecule has 0 radical (unpaired) electrons. The van der Waals surface area contributed by atoms with Crippen LogP contribution in [0, 0.1) is 0 Å². The summed E-state index contributed by atoms with van der Waals surface area (Å²) in [4.78, 5) is 0. The van der Waals surface area contributed by atoms with E-state index in [9.17, 15) is 42.8 Å². The summed E-state index contributed by atoms with van der Waals surface area (Å²) in [5.74, 6) is -3.77. The first kappa shape index (κ1) is 19.5. The van der Waals surface area contributed by atoms with E-state index in [1.54, 1.807) is 0 Å². The van der Waals surface area contributed by atoms with Crippen LogP contribution in [-0.4, -0.2) is 74.9 Å². The molecule has 1 heterocycles. The van der Waals surface area contributed by atoms with Gasteiger partial charge in [0.2, 0.25) is 0 Å². The molecule has 0 aromatic heterocycles. The molecule has 1 aliphatic rings. The lowest BCUT2D eigenvalue weighted by Crippen LogP contribution is -2.56. The molecule has 0 saturated carbocycles. The molecule has 0 atom stereocenters. The summed E-state index contributed by atoms with van der Waals surface area (Å²) in [6.07, 6.45) is 0. The third-order valence-electron chi connectivity index (χ3n) is 2.72. The van der Waals surface area contributed by atoms with Crippen LogP contribution in [0.3, 0.4) is 0 Å². The van der Waals surface area contributed by atoms with Crippen molar-refractivity contribution in [2.24, 2.45) is 0 Å². The zero-order chi connectivity index (χ0) is 17.6. The molecule has 132 valence electrons. The average Bonchev–Trinajstić information content (AvgIpc) is 2.37. The second kappa shape index (κ2) is 5.82. The maximum Gasteiger partial charge on any atom is 0.484 e. The van der Waals surface area contributed by atoms with Gasteiger partial charge >= 0.3 is 20.5 Å². The third kappa shape index (κ3) is 3.21. The largest absolute Gasteiger partial charge is 0.484 e. The number of alkyl halides is 4. The van der Waals surface area contributed by atoms with E-state index in [-0.39, 0.29) is 8.61 Å². The maximum absolute atomic E-state index is 13.2. The molecule has 0 aromatic rings. The summed E-state index contributed by atoms with van der Waals surface area (Å²) in [5, 5.41) is 0. The summed E-state index contributed by atoms with van der Waals surface area (Å²) in [6.45, 7) is -3.68. The van der Waals surface area contributed by atoms with Gasteiger partial charge in [0, 0.05) is 26.2 Å². The fourth-order valence-corrected chi connectivity index (χ4v) is 4.78. The fraction of sp³-hybridized carbons (Fsp3) is 1.00. The van der Waals surface area contributed by atoms with Gasteiger partial charge in [0.15, 0.2) is 0 Å². The summed E-state index contributed by atoms with van der Waals surface area (Å²) >= 11 is 0. The Morgan fingerprint density at radius 2 is 1.23 bits per heavy atom. The molecule has 1 rings (SSSR count). The molecule has 0 aliphatic carbocycles. The van der Waals surface area contributed by atoms with Crippen molar-refractivity contribution in [3.8, 4) is 0 Å². The van der Waals surface area contributed by atoms with Crippen LogP contribution in [0.25, 0.3) is 0 Å². The monoisotopic (exact) mass is 394 g/mol. The lowest BCUT2D eigenvalue weighted by Gasteiger charge is -2.33. The van der Waals surface area contributed by atoms with Crippen molar-refractivity contribution in [1.82, 2.24) is 8.61 Å². The van der Waals surface area contributed by atoms with Gasteiger partial charge in [-0.3, -0.25) is 4.55 Å². The maximum atomic E-state index is 13.2. The van der Waals surface area contributed by atoms with Gasteiger partial charge in [-0.25, -0.2) is 16.8 Å². The van der Waals surface area contributed by atoms with Crippen LogP contribution in [0.5, 0.6) is 0 Å². The molecule has 1 fully saturated rings. The van der Waals surface area contributed by atoms with Gasteiger partial charge in [-0.15, -0.1) is 0 Å². The lowest BCUT2D eigenvalue weighted by atomic mass is 10.4. The van der Waals surface area contributed by atoms with Crippen LogP contribution in [0.15, 0.2) is 0 Å². The van der Waals surface area contributed by atoms with Gasteiger partial charge < -0.3 is 0 Å². The Balaban J connectivity index is 2.99. The quantitative estimate of drug-likeness (QED) is 0.464. The predicted octanol–water partition coefficient (Wildman–Crippen LogP) is -1.08. The van der Waals surface area contributed by atoms with Crippen molar-refractivity contribution in [2.45, 2.75) is 10.3 Å². The van der Waals surface area contributed by atoms with E-state index in [0.29, 0.717) is 0 Å².